The van der Waals surface area contributed by atoms with Gasteiger partial charge in [-0.2, -0.15) is 0 Å². The van der Waals surface area contributed by atoms with E-state index in [1.165, 1.54) is 51.4 Å². The van der Waals surface area contributed by atoms with Gasteiger partial charge >= 0.3 is 11.9 Å². The highest BCUT2D eigenvalue weighted by atomic mass is 32.1. The van der Waals surface area contributed by atoms with Crippen LogP contribution in [0.5, 0.6) is 0 Å². The summed E-state index contributed by atoms with van der Waals surface area (Å²) in [5.74, 6) is -0.923. The van der Waals surface area contributed by atoms with E-state index < -0.39 is 11.9 Å². The number of carbonyl (C=O) groups is 2. The number of thiophene rings is 1. The number of hydrogen-bond acceptors (Lipinski definition) is 6. The third-order valence-electron chi connectivity index (χ3n) is 4.88. The van der Waals surface area contributed by atoms with Crippen LogP contribution in [0.1, 0.15) is 104 Å². The Morgan fingerprint density at radius 1 is 0.871 bits per heavy atom. The van der Waals surface area contributed by atoms with E-state index >= 15 is 0 Å². The molecule has 176 valence electrons. The lowest BCUT2D eigenvalue weighted by Crippen LogP contribution is -2.29. The predicted molar refractivity (Wildman–Crippen MR) is 132 cm³/mol. The molecule has 0 aliphatic heterocycles. The van der Waals surface area contributed by atoms with Crippen molar-refractivity contribution in [2.24, 2.45) is 0 Å². The maximum atomic E-state index is 12.4. The normalized spacial score (nSPS) is 10.6. The first-order valence-electron chi connectivity index (χ1n) is 11.5. The summed E-state index contributed by atoms with van der Waals surface area (Å²) in [6.07, 6.45) is 11.4. The van der Waals surface area contributed by atoms with E-state index in [0.717, 1.165) is 24.3 Å². The smallest absolute Gasteiger partial charge is 0.348 e. The lowest BCUT2D eigenvalue weighted by Gasteiger charge is -2.11. The largest absolute Gasteiger partial charge is 0.462 e. The maximum Gasteiger partial charge on any atom is 0.348 e. The summed E-state index contributed by atoms with van der Waals surface area (Å²) in [4.78, 5) is 25.0. The van der Waals surface area contributed by atoms with Crippen molar-refractivity contribution < 1.29 is 19.1 Å². The number of rotatable bonds is 15. The molecule has 0 radical (unpaired) electrons. The molecule has 0 spiro atoms. The molecular weight excluding hydrogens is 432 g/mol. The van der Waals surface area contributed by atoms with E-state index in [-0.39, 0.29) is 13.2 Å². The van der Waals surface area contributed by atoms with Gasteiger partial charge in [-0.15, -0.1) is 11.3 Å². The lowest BCUT2D eigenvalue weighted by atomic mass is 10.1. The summed E-state index contributed by atoms with van der Waals surface area (Å²) in [6.45, 7) is 8.75. The molecule has 0 aliphatic carbocycles. The maximum absolute atomic E-state index is 12.4. The van der Waals surface area contributed by atoms with Crippen molar-refractivity contribution in [1.29, 1.82) is 0 Å². The van der Waals surface area contributed by atoms with E-state index in [1.54, 1.807) is 20.8 Å². The molecule has 0 amide bonds. The van der Waals surface area contributed by atoms with Crippen LogP contribution in [-0.2, 0) is 9.47 Å². The average Bonchev–Trinajstić information content (AvgIpc) is 3.05. The van der Waals surface area contributed by atoms with Crippen LogP contribution in [0.2, 0.25) is 0 Å². The van der Waals surface area contributed by atoms with Gasteiger partial charge in [-0.1, -0.05) is 58.3 Å². The van der Waals surface area contributed by atoms with E-state index in [4.69, 9.17) is 21.7 Å². The van der Waals surface area contributed by atoms with Crippen LogP contribution in [0, 0.1) is 6.92 Å². The van der Waals surface area contributed by atoms with E-state index in [9.17, 15) is 9.59 Å². The first kappa shape index (κ1) is 27.4. The van der Waals surface area contributed by atoms with Crippen LogP contribution in [0.15, 0.2) is 0 Å². The van der Waals surface area contributed by atoms with E-state index in [2.05, 4.69) is 17.6 Å². The molecule has 2 N–H and O–H groups in total. The number of thiocarbonyl (C=S) groups is 1. The van der Waals surface area contributed by atoms with Crippen molar-refractivity contribution in [1.82, 2.24) is 5.32 Å². The van der Waals surface area contributed by atoms with Crippen molar-refractivity contribution in [3.63, 3.8) is 0 Å². The molecule has 1 aromatic heterocycles. The quantitative estimate of drug-likeness (QED) is 0.179. The predicted octanol–water partition coefficient (Wildman–Crippen LogP) is 6.23. The Morgan fingerprint density at radius 3 is 2.00 bits per heavy atom. The second kappa shape index (κ2) is 16.0. The molecule has 0 saturated carbocycles. The molecule has 31 heavy (non-hydrogen) atoms. The van der Waals surface area contributed by atoms with Gasteiger partial charge in [-0.25, -0.2) is 9.59 Å². The van der Waals surface area contributed by atoms with Crippen molar-refractivity contribution >= 4 is 45.6 Å². The summed E-state index contributed by atoms with van der Waals surface area (Å²) in [5, 5.41) is 7.19. The zero-order valence-electron chi connectivity index (χ0n) is 19.4. The fraction of sp³-hybridized carbons (Fsp3) is 0.696. The molecule has 8 heteroatoms. The average molecular weight is 471 g/mol. The molecule has 1 rings (SSSR count). The minimum atomic E-state index is -0.476. The number of esters is 2. The SMILES string of the molecule is CCCCCCCCCCCNC(=S)Nc1sc(C(=O)OCC)c(C)c1C(=O)OCC. The summed E-state index contributed by atoms with van der Waals surface area (Å²) < 4.78 is 10.3. The Kier molecular flexibility index (Phi) is 14.2. The molecule has 0 saturated heterocycles. The number of ether oxygens (including phenoxy) is 2. The summed E-state index contributed by atoms with van der Waals surface area (Å²) in [7, 11) is 0. The van der Waals surface area contributed by atoms with Crippen LogP contribution in [0.25, 0.3) is 0 Å². The van der Waals surface area contributed by atoms with E-state index in [0.29, 0.717) is 26.1 Å². The molecule has 6 nitrogen and oxygen atoms in total. The highest BCUT2D eigenvalue weighted by Gasteiger charge is 2.26. The molecule has 1 heterocycles. The van der Waals surface area contributed by atoms with Gasteiger partial charge in [0.1, 0.15) is 9.88 Å². The monoisotopic (exact) mass is 470 g/mol. The number of hydrogen-bond donors (Lipinski definition) is 2. The Labute approximate surface area is 196 Å². The first-order valence-corrected chi connectivity index (χ1v) is 12.7. The van der Waals surface area contributed by atoms with Crippen LogP contribution in [0.4, 0.5) is 5.00 Å². The number of nitrogens with one attached hydrogen (secondary N) is 2. The Bertz CT molecular complexity index is 704. The van der Waals surface area contributed by atoms with Gasteiger partial charge < -0.3 is 20.1 Å². The van der Waals surface area contributed by atoms with Gasteiger partial charge in [0.2, 0.25) is 0 Å². The van der Waals surface area contributed by atoms with E-state index in [1.807, 2.05) is 0 Å². The molecule has 0 unspecified atom stereocenters. The molecule has 0 bridgehead atoms. The molecule has 0 aromatic carbocycles. The fourth-order valence-electron chi connectivity index (χ4n) is 3.23. The second-order valence-electron chi connectivity index (χ2n) is 7.41. The van der Waals surface area contributed by atoms with Crippen LogP contribution >= 0.6 is 23.6 Å². The summed E-state index contributed by atoms with van der Waals surface area (Å²) >= 11 is 6.55. The summed E-state index contributed by atoms with van der Waals surface area (Å²) in [6, 6.07) is 0. The number of unbranched alkanes of at least 4 members (excludes halogenated alkanes) is 8. The van der Waals surface area contributed by atoms with Gasteiger partial charge in [0.25, 0.3) is 0 Å². The van der Waals surface area contributed by atoms with Gasteiger partial charge in [0.15, 0.2) is 5.11 Å². The molecule has 1 aromatic rings. The molecule has 0 atom stereocenters. The van der Waals surface area contributed by atoms with Crippen LogP contribution in [-0.4, -0.2) is 36.8 Å². The highest BCUT2D eigenvalue weighted by Crippen LogP contribution is 2.34. The van der Waals surface area contributed by atoms with Gasteiger partial charge in [-0.05, 0) is 45.0 Å². The zero-order chi connectivity index (χ0) is 23.1. The van der Waals surface area contributed by atoms with Crippen molar-refractivity contribution in [2.45, 2.75) is 85.5 Å². The Balaban J connectivity index is 2.52. The topological polar surface area (TPSA) is 76.7 Å². The van der Waals surface area contributed by atoms with Gasteiger partial charge in [0, 0.05) is 6.54 Å². The minimum Gasteiger partial charge on any atom is -0.462 e. The van der Waals surface area contributed by atoms with Gasteiger partial charge in [-0.3, -0.25) is 0 Å². The number of carbonyl (C=O) groups excluding carboxylic acids is 2. The third kappa shape index (κ3) is 9.99. The Hall–Kier alpha value is -1.67. The first-order chi connectivity index (χ1) is 15.0. The number of anilines is 1. The fourth-order valence-corrected chi connectivity index (χ4v) is 4.59. The molecule has 0 fully saturated rings. The molecule has 0 aliphatic rings. The van der Waals surface area contributed by atoms with Gasteiger partial charge in [0.05, 0.1) is 18.8 Å². The third-order valence-corrected chi connectivity index (χ3v) is 6.31. The minimum absolute atomic E-state index is 0.254. The van der Waals surface area contributed by atoms with Crippen molar-refractivity contribution in [3.8, 4) is 0 Å². The van der Waals surface area contributed by atoms with Crippen LogP contribution < -0.4 is 10.6 Å². The Morgan fingerprint density at radius 2 is 1.42 bits per heavy atom. The summed E-state index contributed by atoms with van der Waals surface area (Å²) in [5.41, 5.74) is 0.883. The van der Waals surface area contributed by atoms with Crippen molar-refractivity contribution in [3.05, 3.63) is 16.0 Å². The lowest BCUT2D eigenvalue weighted by molar-refractivity contribution is 0.0527. The highest BCUT2D eigenvalue weighted by molar-refractivity contribution is 7.80. The van der Waals surface area contributed by atoms with Crippen molar-refractivity contribution in [2.75, 3.05) is 25.1 Å². The van der Waals surface area contributed by atoms with Crippen LogP contribution in [0.3, 0.4) is 0 Å². The standard InChI is InChI=1S/C23H38N2O4S2/c1-5-8-9-10-11-12-13-14-15-16-24-23(30)25-20-18(21(26)28-6-2)17(4)19(31-20)22(27)29-7-3/h5-16H2,1-4H3,(H2,24,25,30). The zero-order valence-corrected chi connectivity index (χ0v) is 21.1. The second-order valence-corrected chi connectivity index (χ2v) is 8.84. The molecular formula is C23H38N2O4S2.